The van der Waals surface area contributed by atoms with Gasteiger partial charge in [-0.25, -0.2) is 8.78 Å². The Hall–Kier alpha value is -1.96. The molecule has 1 unspecified atom stereocenters. The molecule has 0 aromatic heterocycles. The third-order valence-electron chi connectivity index (χ3n) is 3.06. The molecule has 1 amide bonds. The second-order valence-corrected chi connectivity index (χ2v) is 4.30. The van der Waals surface area contributed by atoms with Crippen LogP contribution in [0.5, 0.6) is 0 Å². The van der Waals surface area contributed by atoms with Crippen molar-refractivity contribution in [2.45, 2.75) is 25.3 Å². The number of nitriles is 1. The molecule has 5 heteroatoms. The summed E-state index contributed by atoms with van der Waals surface area (Å²) >= 11 is 0. The third kappa shape index (κ3) is 2.48. The molecule has 2 rings (SSSR count). The van der Waals surface area contributed by atoms with Gasteiger partial charge in [-0.1, -0.05) is 6.07 Å². The molecule has 94 valence electrons. The van der Waals surface area contributed by atoms with Crippen LogP contribution in [0.2, 0.25) is 0 Å². The molecule has 0 bridgehead atoms. The molecule has 1 aromatic rings. The van der Waals surface area contributed by atoms with Crippen LogP contribution >= 0.6 is 0 Å². The fourth-order valence-corrected chi connectivity index (χ4v) is 2.13. The second kappa shape index (κ2) is 5.13. The minimum absolute atomic E-state index is 0.00458. The van der Waals surface area contributed by atoms with Gasteiger partial charge in [0, 0.05) is 6.54 Å². The van der Waals surface area contributed by atoms with Crippen LogP contribution in [-0.2, 0) is 11.2 Å². The lowest BCUT2D eigenvalue weighted by Gasteiger charge is -2.19. The van der Waals surface area contributed by atoms with Crippen molar-refractivity contribution in [2.24, 2.45) is 0 Å². The zero-order chi connectivity index (χ0) is 13.1. The number of amides is 1. The number of halogens is 2. The number of rotatable bonds is 2. The van der Waals surface area contributed by atoms with E-state index in [1.54, 1.807) is 0 Å². The molecule has 1 aromatic carbocycles. The maximum atomic E-state index is 13.0. The molecule has 3 nitrogen and oxygen atoms in total. The van der Waals surface area contributed by atoms with Crippen LogP contribution in [0.3, 0.4) is 0 Å². The highest BCUT2D eigenvalue weighted by Crippen LogP contribution is 2.18. The predicted molar refractivity (Wildman–Crippen MR) is 60.4 cm³/mol. The van der Waals surface area contributed by atoms with E-state index >= 15 is 0 Å². The highest BCUT2D eigenvalue weighted by Gasteiger charge is 2.28. The number of nitrogens with zero attached hydrogens (tertiary/aromatic N) is 2. The Morgan fingerprint density at radius 3 is 2.89 bits per heavy atom. The van der Waals surface area contributed by atoms with Gasteiger partial charge in [-0.05, 0) is 30.5 Å². The summed E-state index contributed by atoms with van der Waals surface area (Å²) in [7, 11) is 0. The van der Waals surface area contributed by atoms with E-state index in [1.165, 1.54) is 11.0 Å². The van der Waals surface area contributed by atoms with Crippen molar-refractivity contribution in [3.05, 3.63) is 35.4 Å². The van der Waals surface area contributed by atoms with Crippen LogP contribution in [0.15, 0.2) is 18.2 Å². The topological polar surface area (TPSA) is 44.1 Å². The molecule has 0 spiro atoms. The van der Waals surface area contributed by atoms with Crippen molar-refractivity contribution >= 4 is 5.91 Å². The molecular weight excluding hydrogens is 238 g/mol. The molecule has 1 aliphatic rings. The fraction of sp³-hybridized carbons (Fsp3) is 0.385. The highest BCUT2D eigenvalue weighted by molar-refractivity contribution is 5.79. The Labute approximate surface area is 104 Å². The van der Waals surface area contributed by atoms with Crippen LogP contribution in [0.1, 0.15) is 18.4 Å². The Bertz CT molecular complexity index is 510. The van der Waals surface area contributed by atoms with E-state index in [0.717, 1.165) is 18.6 Å². The van der Waals surface area contributed by atoms with Crippen molar-refractivity contribution in [1.82, 2.24) is 4.90 Å². The van der Waals surface area contributed by atoms with E-state index in [9.17, 15) is 13.6 Å². The molecule has 1 aliphatic heterocycles. The Morgan fingerprint density at radius 2 is 2.22 bits per heavy atom. The fourth-order valence-electron chi connectivity index (χ4n) is 2.13. The molecule has 1 atom stereocenters. The van der Waals surface area contributed by atoms with Crippen LogP contribution in [0.4, 0.5) is 8.78 Å². The number of likely N-dealkylation sites (tertiary alicyclic amines) is 1. The third-order valence-corrected chi connectivity index (χ3v) is 3.06. The molecule has 0 radical (unpaired) electrons. The number of hydrogen-bond donors (Lipinski definition) is 0. The number of hydrogen-bond acceptors (Lipinski definition) is 2. The van der Waals surface area contributed by atoms with Gasteiger partial charge in [0.2, 0.25) is 5.91 Å². The monoisotopic (exact) mass is 250 g/mol. The first-order chi connectivity index (χ1) is 8.61. The number of carbonyl (C=O) groups is 1. The summed E-state index contributed by atoms with van der Waals surface area (Å²) in [6.07, 6.45) is 1.48. The molecule has 18 heavy (non-hydrogen) atoms. The van der Waals surface area contributed by atoms with Gasteiger partial charge in [0.05, 0.1) is 12.5 Å². The maximum absolute atomic E-state index is 13.0. The zero-order valence-corrected chi connectivity index (χ0v) is 9.70. The van der Waals surface area contributed by atoms with Gasteiger partial charge >= 0.3 is 0 Å². The van der Waals surface area contributed by atoms with E-state index in [1.807, 2.05) is 0 Å². The first kappa shape index (κ1) is 12.5. The summed E-state index contributed by atoms with van der Waals surface area (Å²) in [5, 5.41) is 8.88. The van der Waals surface area contributed by atoms with Crippen LogP contribution in [0.25, 0.3) is 0 Å². The quantitative estimate of drug-likeness (QED) is 0.806. The highest BCUT2D eigenvalue weighted by atomic mass is 19.2. The van der Waals surface area contributed by atoms with Crippen molar-refractivity contribution in [3.8, 4) is 6.07 Å². The first-order valence-electron chi connectivity index (χ1n) is 5.75. The van der Waals surface area contributed by atoms with E-state index in [0.29, 0.717) is 18.5 Å². The van der Waals surface area contributed by atoms with Gasteiger partial charge in [-0.2, -0.15) is 5.26 Å². The van der Waals surface area contributed by atoms with Crippen LogP contribution in [0, 0.1) is 23.0 Å². The van der Waals surface area contributed by atoms with Crippen molar-refractivity contribution in [1.29, 1.82) is 5.26 Å². The van der Waals surface area contributed by atoms with E-state index in [2.05, 4.69) is 6.07 Å². The van der Waals surface area contributed by atoms with Crippen LogP contribution < -0.4 is 0 Å². The smallest absolute Gasteiger partial charge is 0.228 e. The van der Waals surface area contributed by atoms with Gasteiger partial charge in [0.25, 0.3) is 0 Å². The molecule has 0 aliphatic carbocycles. The molecular formula is C13H12F2N2O. The average Bonchev–Trinajstić information content (AvgIpc) is 2.82. The summed E-state index contributed by atoms with van der Waals surface area (Å²) in [6, 6.07) is 5.09. The molecule has 1 heterocycles. The van der Waals surface area contributed by atoms with Gasteiger partial charge in [0.15, 0.2) is 11.6 Å². The lowest BCUT2D eigenvalue weighted by molar-refractivity contribution is -0.130. The summed E-state index contributed by atoms with van der Waals surface area (Å²) in [5.41, 5.74) is 0.419. The Balaban J connectivity index is 2.07. The molecule has 1 fully saturated rings. The zero-order valence-electron chi connectivity index (χ0n) is 9.70. The maximum Gasteiger partial charge on any atom is 0.228 e. The molecule has 1 saturated heterocycles. The van der Waals surface area contributed by atoms with E-state index < -0.39 is 11.6 Å². The minimum Gasteiger partial charge on any atom is -0.326 e. The average molecular weight is 250 g/mol. The summed E-state index contributed by atoms with van der Waals surface area (Å²) in [6.45, 7) is 0.556. The normalized spacial score (nSPS) is 18.7. The second-order valence-electron chi connectivity index (χ2n) is 4.30. The van der Waals surface area contributed by atoms with Crippen molar-refractivity contribution in [2.75, 3.05) is 6.54 Å². The van der Waals surface area contributed by atoms with Crippen LogP contribution in [-0.4, -0.2) is 23.4 Å². The van der Waals surface area contributed by atoms with E-state index in [-0.39, 0.29) is 18.4 Å². The lowest BCUT2D eigenvalue weighted by atomic mass is 10.1. The summed E-state index contributed by atoms with van der Waals surface area (Å²) < 4.78 is 25.7. The largest absolute Gasteiger partial charge is 0.326 e. The standard InChI is InChI=1S/C13H12F2N2O/c14-11-4-3-9(6-12(11)15)7-13(18)17-5-1-2-10(17)8-16/h3-4,6,10H,1-2,5,7H2. The minimum atomic E-state index is -0.960. The van der Waals surface area contributed by atoms with Gasteiger partial charge in [0.1, 0.15) is 6.04 Å². The number of carbonyl (C=O) groups excluding carboxylic acids is 1. The van der Waals surface area contributed by atoms with Crippen molar-refractivity contribution in [3.63, 3.8) is 0 Å². The molecule has 0 N–H and O–H groups in total. The first-order valence-corrected chi connectivity index (χ1v) is 5.75. The molecule has 0 saturated carbocycles. The Morgan fingerprint density at radius 1 is 1.44 bits per heavy atom. The van der Waals surface area contributed by atoms with E-state index in [4.69, 9.17) is 5.26 Å². The predicted octanol–water partition coefficient (Wildman–Crippen LogP) is 2.02. The van der Waals surface area contributed by atoms with Crippen molar-refractivity contribution < 1.29 is 13.6 Å². The lowest BCUT2D eigenvalue weighted by Crippen LogP contribution is -2.35. The number of benzene rings is 1. The Kier molecular flexibility index (Phi) is 3.56. The summed E-state index contributed by atoms with van der Waals surface area (Å²) in [5.74, 6) is -2.11. The SMILES string of the molecule is N#CC1CCCN1C(=O)Cc1ccc(F)c(F)c1. The van der Waals surface area contributed by atoms with Gasteiger partial charge < -0.3 is 4.90 Å². The summed E-state index contributed by atoms with van der Waals surface area (Å²) in [4.78, 5) is 13.4. The van der Waals surface area contributed by atoms with Gasteiger partial charge in [-0.3, -0.25) is 4.79 Å². The van der Waals surface area contributed by atoms with Gasteiger partial charge in [-0.15, -0.1) is 0 Å².